The summed E-state index contributed by atoms with van der Waals surface area (Å²) in [5.41, 5.74) is 1.76. The van der Waals surface area contributed by atoms with Crippen LogP contribution < -0.4 is 10.1 Å². The molecule has 4 nitrogen and oxygen atoms in total. The lowest BCUT2D eigenvalue weighted by Gasteiger charge is -2.10. The van der Waals surface area contributed by atoms with Crippen LogP contribution in [0.2, 0.25) is 0 Å². The Hall–Kier alpha value is -2.11. The van der Waals surface area contributed by atoms with Crippen molar-refractivity contribution in [3.63, 3.8) is 0 Å². The molecular weight excluding hydrogens is 264 g/mol. The summed E-state index contributed by atoms with van der Waals surface area (Å²) in [6.45, 7) is -0.883. The minimum Gasteiger partial charge on any atom is -0.435 e. The van der Waals surface area contributed by atoms with Crippen LogP contribution in [0, 0.1) is 6.92 Å². The fourth-order valence-corrected chi connectivity index (χ4v) is 1.99. The summed E-state index contributed by atoms with van der Waals surface area (Å²) in [6, 6.07) is 7.01. The van der Waals surface area contributed by atoms with Crippen molar-refractivity contribution in [2.24, 2.45) is 0 Å². The van der Waals surface area contributed by atoms with Crippen LogP contribution in [0.4, 0.5) is 14.7 Å². The molecule has 0 amide bonds. The van der Waals surface area contributed by atoms with E-state index in [4.69, 9.17) is 0 Å². The first kappa shape index (κ1) is 12.9. The maximum absolute atomic E-state index is 12.1. The zero-order valence-corrected chi connectivity index (χ0v) is 11.0. The van der Waals surface area contributed by atoms with Crippen molar-refractivity contribution >= 4 is 5.95 Å². The van der Waals surface area contributed by atoms with Crippen molar-refractivity contribution in [3.8, 4) is 11.4 Å². The molecule has 0 atom stereocenters. The Kier molecular flexibility index (Phi) is 3.30. The third kappa shape index (κ3) is 2.89. The lowest BCUT2D eigenvalue weighted by atomic mass is 10.3. The Bertz CT molecular complexity index is 591. The molecule has 0 spiro atoms. The average Bonchev–Trinajstić information content (AvgIpc) is 3.12. The smallest absolute Gasteiger partial charge is 0.387 e. The highest BCUT2D eigenvalue weighted by Gasteiger charge is 2.23. The molecule has 6 heteroatoms. The van der Waals surface area contributed by atoms with Gasteiger partial charge in [-0.2, -0.15) is 8.78 Å². The molecular formula is C14H15F2N3O. The van der Waals surface area contributed by atoms with Gasteiger partial charge in [-0.1, -0.05) is 0 Å². The summed E-state index contributed by atoms with van der Waals surface area (Å²) < 4.78 is 30.5. The summed E-state index contributed by atoms with van der Waals surface area (Å²) in [6.07, 6.45) is 4.23. The van der Waals surface area contributed by atoms with Crippen LogP contribution in [-0.4, -0.2) is 22.2 Å². The van der Waals surface area contributed by atoms with Gasteiger partial charge in [0.2, 0.25) is 5.95 Å². The first-order valence-electron chi connectivity index (χ1n) is 6.49. The SMILES string of the molecule is Cc1cn(-c2ccc(OC(F)F)cc2)c(NC2CC2)n1. The summed E-state index contributed by atoms with van der Waals surface area (Å²) in [4.78, 5) is 4.44. The molecule has 106 valence electrons. The van der Waals surface area contributed by atoms with Gasteiger partial charge in [-0.25, -0.2) is 4.98 Å². The third-order valence-corrected chi connectivity index (χ3v) is 3.08. The zero-order chi connectivity index (χ0) is 14.1. The van der Waals surface area contributed by atoms with Crippen molar-refractivity contribution in [1.82, 2.24) is 9.55 Å². The first-order valence-corrected chi connectivity index (χ1v) is 6.49. The molecule has 0 unspecified atom stereocenters. The topological polar surface area (TPSA) is 39.1 Å². The molecule has 2 aromatic rings. The minimum atomic E-state index is -2.80. The second-order valence-electron chi connectivity index (χ2n) is 4.87. The Balaban J connectivity index is 1.84. The number of halogens is 2. The maximum Gasteiger partial charge on any atom is 0.387 e. The Morgan fingerprint density at radius 1 is 1.30 bits per heavy atom. The number of aryl methyl sites for hydroxylation is 1. The number of rotatable bonds is 5. The number of imidazole rings is 1. The van der Waals surface area contributed by atoms with Gasteiger partial charge >= 0.3 is 6.61 Å². The molecule has 1 heterocycles. The van der Waals surface area contributed by atoms with Crippen LogP contribution in [0.5, 0.6) is 5.75 Å². The molecule has 0 bridgehead atoms. The van der Waals surface area contributed by atoms with Gasteiger partial charge in [0.1, 0.15) is 5.75 Å². The number of ether oxygens (including phenoxy) is 1. The highest BCUT2D eigenvalue weighted by molar-refractivity contribution is 5.46. The van der Waals surface area contributed by atoms with Gasteiger partial charge in [-0.15, -0.1) is 0 Å². The number of alkyl halides is 2. The van der Waals surface area contributed by atoms with E-state index in [2.05, 4.69) is 15.0 Å². The van der Waals surface area contributed by atoms with Gasteiger partial charge in [0.05, 0.1) is 5.69 Å². The second-order valence-corrected chi connectivity index (χ2v) is 4.87. The molecule has 1 N–H and O–H groups in total. The summed E-state index contributed by atoms with van der Waals surface area (Å²) in [5, 5.41) is 3.35. The number of nitrogens with zero attached hydrogens (tertiary/aromatic N) is 2. The molecule has 0 saturated heterocycles. The van der Waals surface area contributed by atoms with E-state index in [0.717, 1.165) is 30.2 Å². The van der Waals surface area contributed by atoms with Crippen LogP contribution in [0.15, 0.2) is 30.5 Å². The third-order valence-electron chi connectivity index (χ3n) is 3.08. The van der Waals surface area contributed by atoms with E-state index < -0.39 is 6.61 Å². The quantitative estimate of drug-likeness (QED) is 0.912. The molecule has 20 heavy (non-hydrogen) atoms. The van der Waals surface area contributed by atoms with Crippen LogP contribution in [0.3, 0.4) is 0 Å². The molecule has 1 aliphatic carbocycles. The van der Waals surface area contributed by atoms with Crippen LogP contribution >= 0.6 is 0 Å². The van der Waals surface area contributed by atoms with Crippen molar-refractivity contribution in [3.05, 3.63) is 36.2 Å². The lowest BCUT2D eigenvalue weighted by Crippen LogP contribution is -2.07. The summed E-state index contributed by atoms with van der Waals surface area (Å²) in [7, 11) is 0. The van der Waals surface area contributed by atoms with Gasteiger partial charge in [0, 0.05) is 17.9 Å². The standard InChI is InChI=1S/C14H15F2N3O/c1-9-8-19(14(17-9)18-10-2-3-10)11-4-6-12(7-5-11)20-13(15)16/h4-8,10,13H,2-3H2,1H3,(H,17,18). The molecule has 0 radical (unpaired) electrons. The molecule has 1 fully saturated rings. The molecule has 3 rings (SSSR count). The molecule has 0 aliphatic heterocycles. The maximum atomic E-state index is 12.1. The first-order chi connectivity index (χ1) is 9.61. The molecule has 1 aromatic carbocycles. The van der Waals surface area contributed by atoms with Crippen LogP contribution in [-0.2, 0) is 0 Å². The van der Waals surface area contributed by atoms with Crippen molar-refractivity contribution < 1.29 is 13.5 Å². The lowest BCUT2D eigenvalue weighted by molar-refractivity contribution is -0.0498. The van der Waals surface area contributed by atoms with Crippen molar-refractivity contribution in [2.45, 2.75) is 32.4 Å². The highest BCUT2D eigenvalue weighted by atomic mass is 19.3. The Morgan fingerprint density at radius 3 is 2.60 bits per heavy atom. The number of hydrogen-bond acceptors (Lipinski definition) is 3. The van der Waals surface area contributed by atoms with Gasteiger partial charge < -0.3 is 10.1 Å². The van der Waals surface area contributed by atoms with E-state index >= 15 is 0 Å². The largest absolute Gasteiger partial charge is 0.435 e. The van der Waals surface area contributed by atoms with Gasteiger partial charge in [0.15, 0.2) is 0 Å². The predicted octanol–water partition coefficient (Wildman–Crippen LogP) is 3.36. The number of hydrogen-bond donors (Lipinski definition) is 1. The molecule has 1 aromatic heterocycles. The number of nitrogens with one attached hydrogen (secondary N) is 1. The van der Waals surface area contributed by atoms with E-state index in [-0.39, 0.29) is 5.75 Å². The summed E-state index contributed by atoms with van der Waals surface area (Å²) in [5.74, 6) is 0.935. The predicted molar refractivity (Wildman–Crippen MR) is 71.6 cm³/mol. The van der Waals surface area contributed by atoms with Gasteiger partial charge in [-0.3, -0.25) is 4.57 Å². The molecule has 1 aliphatic rings. The van der Waals surface area contributed by atoms with E-state index in [1.54, 1.807) is 12.1 Å². The second kappa shape index (κ2) is 5.11. The van der Waals surface area contributed by atoms with Gasteiger partial charge in [-0.05, 0) is 44.0 Å². The van der Waals surface area contributed by atoms with Crippen LogP contribution in [0.25, 0.3) is 5.69 Å². The Morgan fingerprint density at radius 2 is 2.00 bits per heavy atom. The fourth-order valence-electron chi connectivity index (χ4n) is 1.99. The number of anilines is 1. The average molecular weight is 279 g/mol. The Labute approximate surface area is 115 Å². The number of benzene rings is 1. The normalized spacial score (nSPS) is 14.6. The monoisotopic (exact) mass is 279 g/mol. The van der Waals surface area contributed by atoms with Crippen molar-refractivity contribution in [1.29, 1.82) is 0 Å². The van der Waals surface area contributed by atoms with Crippen LogP contribution in [0.1, 0.15) is 18.5 Å². The van der Waals surface area contributed by atoms with E-state index in [9.17, 15) is 8.78 Å². The zero-order valence-electron chi connectivity index (χ0n) is 11.0. The number of aromatic nitrogens is 2. The van der Waals surface area contributed by atoms with Gasteiger partial charge in [0.25, 0.3) is 0 Å². The van der Waals surface area contributed by atoms with Crippen molar-refractivity contribution in [2.75, 3.05) is 5.32 Å². The van der Waals surface area contributed by atoms with E-state index in [1.807, 2.05) is 17.7 Å². The minimum absolute atomic E-state index is 0.150. The molecule has 1 saturated carbocycles. The fraction of sp³-hybridized carbons (Fsp3) is 0.357. The summed E-state index contributed by atoms with van der Waals surface area (Å²) >= 11 is 0. The van der Waals surface area contributed by atoms with E-state index in [1.165, 1.54) is 12.1 Å². The van der Waals surface area contributed by atoms with E-state index in [0.29, 0.717) is 6.04 Å². The highest BCUT2D eigenvalue weighted by Crippen LogP contribution is 2.26.